The minimum atomic E-state index is -3.38. The first-order chi connectivity index (χ1) is 19.4. The van der Waals surface area contributed by atoms with Crippen LogP contribution in [0.2, 0.25) is 0 Å². The molecule has 3 heterocycles. The van der Waals surface area contributed by atoms with Gasteiger partial charge in [0, 0.05) is 30.1 Å². The molecule has 1 aromatic carbocycles. The first-order valence-electron chi connectivity index (χ1n) is 13.9. The fourth-order valence-electron chi connectivity index (χ4n) is 5.75. The van der Waals surface area contributed by atoms with Crippen LogP contribution in [0.4, 0.5) is 22.1 Å². The lowest BCUT2D eigenvalue weighted by atomic mass is 10.1. The van der Waals surface area contributed by atoms with Gasteiger partial charge < -0.3 is 15.0 Å². The number of nitrogens with one attached hydrogen (secondary N) is 2. The topological polar surface area (TPSA) is 126 Å². The highest BCUT2D eigenvalue weighted by Crippen LogP contribution is 2.55. The number of sulfone groups is 1. The Morgan fingerprint density at radius 3 is 2.50 bits per heavy atom. The zero-order valence-corrected chi connectivity index (χ0v) is 23.4. The molecule has 3 aliphatic rings. The third-order valence-electron chi connectivity index (χ3n) is 8.14. The second-order valence-corrected chi connectivity index (χ2v) is 13.4. The predicted octanol–water partition coefficient (Wildman–Crippen LogP) is 4.75. The van der Waals surface area contributed by atoms with Crippen molar-refractivity contribution in [3.8, 4) is 11.4 Å². The molecule has 0 unspecified atom stereocenters. The van der Waals surface area contributed by atoms with Gasteiger partial charge in [-0.2, -0.15) is 0 Å². The van der Waals surface area contributed by atoms with E-state index in [1.54, 1.807) is 36.5 Å². The number of nitrogens with zero attached hydrogens (tertiary/aromatic N) is 4. The van der Waals surface area contributed by atoms with E-state index in [2.05, 4.69) is 27.4 Å². The average molecular weight is 563 g/mol. The standard InChI is InChI=1S/C29H34N6O4S/c1-20-19-39-17-16-35(20)26-18-24(29(13-14-29)40(37,38)23-6-2-3-7-23)32-27(34-26)21-9-11-22(12-10-21)31-28(36)33-25-8-4-5-15-30-25/h4-5,8-12,15,18,20,23H,2-3,6-7,13-14,16-17,19H2,1H3,(H2,30,31,33,36)/t20-/m0/s1. The van der Waals surface area contributed by atoms with Gasteiger partial charge in [0.15, 0.2) is 15.7 Å². The van der Waals surface area contributed by atoms with Crippen LogP contribution in [0.5, 0.6) is 0 Å². The van der Waals surface area contributed by atoms with Crippen LogP contribution in [0.3, 0.4) is 0 Å². The summed E-state index contributed by atoms with van der Waals surface area (Å²) < 4.78 is 32.4. The lowest BCUT2D eigenvalue weighted by Gasteiger charge is -2.35. The first-order valence-corrected chi connectivity index (χ1v) is 15.5. The summed E-state index contributed by atoms with van der Waals surface area (Å²) in [6, 6.07) is 14.1. The molecule has 3 fully saturated rings. The molecule has 11 heteroatoms. The van der Waals surface area contributed by atoms with Gasteiger partial charge in [0.2, 0.25) is 0 Å². The average Bonchev–Trinajstić information content (AvgIpc) is 3.60. The number of rotatable bonds is 7. The third kappa shape index (κ3) is 5.15. The number of hydrogen-bond acceptors (Lipinski definition) is 8. The summed E-state index contributed by atoms with van der Waals surface area (Å²) in [6.45, 7) is 3.93. The molecule has 0 bridgehead atoms. The Hall–Kier alpha value is -3.57. The molecular formula is C29H34N6O4S. The maximum atomic E-state index is 13.9. The minimum Gasteiger partial charge on any atom is -0.377 e. The van der Waals surface area contributed by atoms with E-state index in [1.165, 1.54) is 0 Å². The Morgan fingerprint density at radius 2 is 1.82 bits per heavy atom. The Bertz CT molecular complexity index is 1470. The van der Waals surface area contributed by atoms with E-state index < -0.39 is 20.6 Å². The molecule has 2 amide bonds. The van der Waals surface area contributed by atoms with E-state index in [1.807, 2.05) is 18.2 Å². The van der Waals surface area contributed by atoms with E-state index >= 15 is 0 Å². The summed E-state index contributed by atoms with van der Waals surface area (Å²) in [5, 5.41) is 5.21. The molecule has 2 aliphatic carbocycles. The van der Waals surface area contributed by atoms with Crippen molar-refractivity contribution in [3.05, 3.63) is 60.4 Å². The number of carbonyl (C=O) groups is 1. The van der Waals surface area contributed by atoms with Crippen molar-refractivity contribution in [3.63, 3.8) is 0 Å². The molecular weight excluding hydrogens is 528 g/mol. The number of benzene rings is 1. The molecule has 2 saturated carbocycles. The number of carbonyl (C=O) groups excluding carboxylic acids is 1. The molecule has 1 aliphatic heterocycles. The van der Waals surface area contributed by atoms with E-state index in [0.717, 1.165) is 37.1 Å². The van der Waals surface area contributed by atoms with Crippen molar-refractivity contribution in [2.45, 2.75) is 61.5 Å². The monoisotopic (exact) mass is 562 g/mol. The van der Waals surface area contributed by atoms with Crippen LogP contribution in [0.25, 0.3) is 11.4 Å². The van der Waals surface area contributed by atoms with Crippen molar-refractivity contribution in [2.24, 2.45) is 0 Å². The third-order valence-corrected chi connectivity index (χ3v) is 11.2. The lowest BCUT2D eigenvalue weighted by molar-refractivity contribution is 0.0985. The van der Waals surface area contributed by atoms with Gasteiger partial charge in [-0.25, -0.2) is 28.2 Å². The van der Waals surface area contributed by atoms with Gasteiger partial charge in [-0.15, -0.1) is 0 Å². The number of morpholine rings is 1. The number of amides is 2. The highest BCUT2D eigenvalue weighted by molar-refractivity contribution is 7.93. The van der Waals surface area contributed by atoms with Crippen molar-refractivity contribution in [1.82, 2.24) is 15.0 Å². The van der Waals surface area contributed by atoms with Gasteiger partial charge >= 0.3 is 6.03 Å². The van der Waals surface area contributed by atoms with Gasteiger partial charge in [-0.05, 0) is 69.0 Å². The molecule has 210 valence electrons. The maximum absolute atomic E-state index is 13.9. The van der Waals surface area contributed by atoms with E-state index in [0.29, 0.717) is 55.6 Å². The van der Waals surface area contributed by atoms with Gasteiger partial charge in [-0.1, -0.05) is 18.9 Å². The molecule has 40 heavy (non-hydrogen) atoms. The summed E-state index contributed by atoms with van der Waals surface area (Å²) >= 11 is 0. The number of pyridine rings is 1. The summed E-state index contributed by atoms with van der Waals surface area (Å²) in [5.74, 6) is 1.65. The second-order valence-electron chi connectivity index (χ2n) is 10.9. The zero-order chi connectivity index (χ0) is 27.7. The van der Waals surface area contributed by atoms with Gasteiger partial charge in [0.25, 0.3) is 0 Å². The van der Waals surface area contributed by atoms with Gasteiger partial charge in [0.1, 0.15) is 16.4 Å². The Labute approximate surface area is 234 Å². The highest BCUT2D eigenvalue weighted by atomic mass is 32.2. The highest BCUT2D eigenvalue weighted by Gasteiger charge is 2.59. The summed E-state index contributed by atoms with van der Waals surface area (Å²) in [6.07, 6.45) is 6.19. The smallest absolute Gasteiger partial charge is 0.324 e. The molecule has 2 N–H and O–H groups in total. The van der Waals surface area contributed by atoms with Gasteiger partial charge in [-0.3, -0.25) is 5.32 Å². The van der Waals surface area contributed by atoms with Crippen molar-refractivity contribution >= 4 is 33.2 Å². The molecule has 6 rings (SSSR count). The lowest BCUT2D eigenvalue weighted by Crippen LogP contribution is -2.44. The first kappa shape index (κ1) is 26.6. The minimum absolute atomic E-state index is 0.107. The molecule has 1 atom stereocenters. The number of hydrogen-bond donors (Lipinski definition) is 2. The van der Waals surface area contributed by atoms with E-state index in [4.69, 9.17) is 14.7 Å². The zero-order valence-electron chi connectivity index (χ0n) is 22.5. The normalized spacial score (nSPS) is 20.7. The number of urea groups is 1. The van der Waals surface area contributed by atoms with Gasteiger partial charge in [0.05, 0.1) is 30.2 Å². The van der Waals surface area contributed by atoms with Crippen LogP contribution >= 0.6 is 0 Å². The van der Waals surface area contributed by atoms with Crippen molar-refractivity contribution in [2.75, 3.05) is 35.3 Å². The summed E-state index contributed by atoms with van der Waals surface area (Å²) in [7, 11) is -3.38. The number of anilines is 3. The van der Waals surface area contributed by atoms with Crippen LogP contribution < -0.4 is 15.5 Å². The molecule has 0 radical (unpaired) electrons. The van der Waals surface area contributed by atoms with Crippen LogP contribution in [-0.4, -0.2) is 60.5 Å². The number of aromatic nitrogens is 3. The number of ether oxygens (including phenoxy) is 1. The Kier molecular flexibility index (Phi) is 7.18. The molecule has 1 saturated heterocycles. The Morgan fingerprint density at radius 1 is 1.05 bits per heavy atom. The van der Waals surface area contributed by atoms with Crippen molar-refractivity contribution in [1.29, 1.82) is 0 Å². The molecule has 0 spiro atoms. The summed E-state index contributed by atoms with van der Waals surface area (Å²) in [4.78, 5) is 28.5. The predicted molar refractivity (Wildman–Crippen MR) is 154 cm³/mol. The van der Waals surface area contributed by atoms with Crippen molar-refractivity contribution < 1.29 is 17.9 Å². The summed E-state index contributed by atoms with van der Waals surface area (Å²) in [5.41, 5.74) is 1.93. The maximum Gasteiger partial charge on any atom is 0.324 e. The fourth-order valence-corrected chi connectivity index (χ4v) is 8.41. The quantitative estimate of drug-likeness (QED) is 0.422. The molecule has 3 aromatic rings. The Balaban J connectivity index is 1.31. The molecule has 2 aromatic heterocycles. The van der Waals surface area contributed by atoms with Crippen LogP contribution in [0.15, 0.2) is 54.7 Å². The second kappa shape index (κ2) is 10.8. The fraction of sp³-hybridized carbons (Fsp3) is 0.448. The van der Waals surface area contributed by atoms with Crippen LogP contribution in [0, 0.1) is 0 Å². The van der Waals surface area contributed by atoms with E-state index in [-0.39, 0.29) is 11.3 Å². The molecule has 10 nitrogen and oxygen atoms in total. The van der Waals surface area contributed by atoms with E-state index in [9.17, 15) is 13.2 Å². The van der Waals surface area contributed by atoms with Crippen LogP contribution in [0.1, 0.15) is 51.1 Å². The largest absolute Gasteiger partial charge is 0.377 e. The SMILES string of the molecule is C[C@H]1COCCN1c1cc(C2(S(=O)(=O)C3CCCC3)CC2)nc(-c2ccc(NC(=O)Nc3ccccn3)cc2)n1. The van der Waals surface area contributed by atoms with Crippen LogP contribution in [-0.2, 0) is 19.3 Å².